The summed E-state index contributed by atoms with van der Waals surface area (Å²) in [5.41, 5.74) is -0.567. The molecular weight excluding hydrogens is 200 g/mol. The van der Waals surface area contributed by atoms with Crippen LogP contribution in [0.5, 0.6) is 0 Å². The summed E-state index contributed by atoms with van der Waals surface area (Å²) in [6, 6.07) is 2.31. The Morgan fingerprint density at radius 2 is 2.06 bits per heavy atom. The zero-order valence-corrected chi connectivity index (χ0v) is 10.4. The molecule has 1 unspecified atom stereocenters. The molecule has 0 bridgehead atoms. The molecule has 3 nitrogen and oxygen atoms in total. The fourth-order valence-electron chi connectivity index (χ4n) is 2.20. The van der Waals surface area contributed by atoms with E-state index in [-0.39, 0.29) is 5.91 Å². The van der Waals surface area contributed by atoms with Crippen molar-refractivity contribution in [3.8, 4) is 6.07 Å². The molecule has 0 aromatic heterocycles. The molecule has 0 heterocycles. The molecule has 3 heteroatoms. The molecule has 0 aromatic carbocycles. The van der Waals surface area contributed by atoms with Crippen molar-refractivity contribution in [2.45, 2.75) is 64.3 Å². The molecule has 0 spiro atoms. The van der Waals surface area contributed by atoms with Crippen LogP contribution in [-0.2, 0) is 4.79 Å². The average molecular weight is 222 g/mol. The van der Waals surface area contributed by atoms with Crippen molar-refractivity contribution in [3.05, 3.63) is 0 Å². The van der Waals surface area contributed by atoms with E-state index in [1.54, 1.807) is 0 Å². The minimum atomic E-state index is -0.567. The van der Waals surface area contributed by atoms with Crippen LogP contribution in [0.25, 0.3) is 0 Å². The van der Waals surface area contributed by atoms with E-state index in [2.05, 4.69) is 25.2 Å². The molecule has 1 aliphatic rings. The van der Waals surface area contributed by atoms with Gasteiger partial charge in [0.1, 0.15) is 5.54 Å². The molecule has 1 fully saturated rings. The van der Waals surface area contributed by atoms with Crippen molar-refractivity contribution in [1.29, 1.82) is 5.26 Å². The summed E-state index contributed by atoms with van der Waals surface area (Å²) in [6.07, 6.45) is 6.47. The fraction of sp³-hybridized carbons (Fsp3) is 0.846. The van der Waals surface area contributed by atoms with Crippen LogP contribution < -0.4 is 5.32 Å². The molecule has 16 heavy (non-hydrogen) atoms. The Morgan fingerprint density at radius 1 is 1.44 bits per heavy atom. The largest absolute Gasteiger partial charge is 0.338 e. The van der Waals surface area contributed by atoms with E-state index in [1.165, 1.54) is 6.42 Å². The highest BCUT2D eigenvalue weighted by Crippen LogP contribution is 2.27. The third-order valence-electron chi connectivity index (χ3n) is 3.53. The highest BCUT2D eigenvalue weighted by atomic mass is 16.1. The molecule has 0 aromatic rings. The second kappa shape index (κ2) is 5.89. The molecule has 90 valence electrons. The Labute approximate surface area is 98.2 Å². The summed E-state index contributed by atoms with van der Waals surface area (Å²) in [5, 5.41) is 12.2. The van der Waals surface area contributed by atoms with Gasteiger partial charge in [0.05, 0.1) is 6.07 Å². The highest BCUT2D eigenvalue weighted by Gasteiger charge is 2.33. The van der Waals surface area contributed by atoms with Crippen molar-refractivity contribution in [1.82, 2.24) is 5.32 Å². The molecule has 1 atom stereocenters. The maximum absolute atomic E-state index is 11.8. The van der Waals surface area contributed by atoms with Gasteiger partial charge in [0.15, 0.2) is 0 Å². The van der Waals surface area contributed by atoms with Gasteiger partial charge in [-0.3, -0.25) is 4.79 Å². The van der Waals surface area contributed by atoms with Gasteiger partial charge in [-0.05, 0) is 18.8 Å². The Balaban J connectivity index is 2.50. The topological polar surface area (TPSA) is 52.9 Å². The zero-order chi connectivity index (χ0) is 12.0. The number of carbonyl (C=O) groups is 1. The van der Waals surface area contributed by atoms with Crippen molar-refractivity contribution < 1.29 is 4.79 Å². The summed E-state index contributed by atoms with van der Waals surface area (Å²) in [7, 11) is 0. The number of hydrogen-bond acceptors (Lipinski definition) is 2. The van der Waals surface area contributed by atoms with Crippen LogP contribution in [0.15, 0.2) is 0 Å². The first-order valence-electron chi connectivity index (χ1n) is 6.34. The van der Waals surface area contributed by atoms with Gasteiger partial charge < -0.3 is 5.32 Å². The summed E-state index contributed by atoms with van der Waals surface area (Å²) >= 11 is 0. The van der Waals surface area contributed by atoms with Crippen molar-refractivity contribution in [2.24, 2.45) is 5.92 Å². The normalized spacial score (nSPS) is 20.8. The molecule has 0 radical (unpaired) electrons. The Kier molecular flexibility index (Phi) is 4.79. The van der Waals surface area contributed by atoms with Gasteiger partial charge in [-0.25, -0.2) is 0 Å². The van der Waals surface area contributed by atoms with Crippen LogP contribution in [0.3, 0.4) is 0 Å². The van der Waals surface area contributed by atoms with Crippen molar-refractivity contribution >= 4 is 5.91 Å². The van der Waals surface area contributed by atoms with Gasteiger partial charge >= 0.3 is 0 Å². The van der Waals surface area contributed by atoms with Gasteiger partial charge in [0.25, 0.3) is 0 Å². The van der Waals surface area contributed by atoms with Crippen LogP contribution in [-0.4, -0.2) is 11.4 Å². The van der Waals surface area contributed by atoms with Crippen LogP contribution in [0.1, 0.15) is 58.8 Å². The number of amides is 1. The van der Waals surface area contributed by atoms with Crippen molar-refractivity contribution in [2.75, 3.05) is 0 Å². The average Bonchev–Trinajstić information content (AvgIpc) is 2.29. The predicted molar refractivity (Wildman–Crippen MR) is 63.6 cm³/mol. The lowest BCUT2D eigenvalue weighted by Gasteiger charge is -2.31. The third kappa shape index (κ3) is 3.52. The number of nitriles is 1. The number of nitrogens with one attached hydrogen (secondary N) is 1. The number of nitrogens with zero attached hydrogens (tertiary/aromatic N) is 1. The second-order valence-electron chi connectivity index (χ2n) is 5.02. The minimum absolute atomic E-state index is 0.0396. The molecule has 1 saturated carbocycles. The van der Waals surface area contributed by atoms with Crippen LogP contribution in [0.2, 0.25) is 0 Å². The monoisotopic (exact) mass is 222 g/mol. The molecule has 1 N–H and O–H groups in total. The Bertz CT molecular complexity index is 274. The maximum Gasteiger partial charge on any atom is 0.221 e. The molecular formula is C13H22N2O. The van der Waals surface area contributed by atoms with Gasteiger partial charge in [-0.1, -0.05) is 39.5 Å². The Morgan fingerprint density at radius 3 is 2.56 bits per heavy atom. The predicted octanol–water partition coefficient (Wildman–Crippen LogP) is 2.77. The quantitative estimate of drug-likeness (QED) is 0.795. The number of hydrogen-bond donors (Lipinski definition) is 1. The van der Waals surface area contributed by atoms with Crippen LogP contribution in [0.4, 0.5) is 0 Å². The lowest BCUT2D eigenvalue weighted by molar-refractivity contribution is -0.123. The van der Waals surface area contributed by atoms with Gasteiger partial charge in [-0.15, -0.1) is 0 Å². The van der Waals surface area contributed by atoms with Crippen molar-refractivity contribution in [3.63, 3.8) is 0 Å². The smallest absolute Gasteiger partial charge is 0.221 e. The third-order valence-corrected chi connectivity index (χ3v) is 3.53. The van der Waals surface area contributed by atoms with E-state index in [4.69, 9.17) is 0 Å². The highest BCUT2D eigenvalue weighted by molar-refractivity contribution is 5.77. The molecule has 1 rings (SSSR count). The van der Waals surface area contributed by atoms with Gasteiger partial charge in [0.2, 0.25) is 5.91 Å². The van der Waals surface area contributed by atoms with E-state index in [0.29, 0.717) is 12.3 Å². The maximum atomic E-state index is 11.8. The zero-order valence-electron chi connectivity index (χ0n) is 10.4. The van der Waals surface area contributed by atoms with E-state index >= 15 is 0 Å². The lowest BCUT2D eigenvalue weighted by Crippen LogP contribution is -2.48. The van der Waals surface area contributed by atoms with E-state index in [9.17, 15) is 10.1 Å². The van der Waals surface area contributed by atoms with E-state index < -0.39 is 5.54 Å². The first-order chi connectivity index (χ1) is 7.62. The molecule has 0 aliphatic heterocycles. The summed E-state index contributed by atoms with van der Waals surface area (Å²) < 4.78 is 0. The molecule has 0 saturated heterocycles. The van der Waals surface area contributed by atoms with E-state index in [1.807, 2.05) is 0 Å². The van der Waals surface area contributed by atoms with Gasteiger partial charge in [-0.2, -0.15) is 5.26 Å². The van der Waals surface area contributed by atoms with Gasteiger partial charge in [0, 0.05) is 6.42 Å². The fourth-order valence-corrected chi connectivity index (χ4v) is 2.20. The minimum Gasteiger partial charge on any atom is -0.338 e. The van der Waals surface area contributed by atoms with Crippen LogP contribution in [0, 0.1) is 17.2 Å². The van der Waals surface area contributed by atoms with Crippen LogP contribution >= 0.6 is 0 Å². The van der Waals surface area contributed by atoms with E-state index in [0.717, 1.165) is 32.1 Å². The first kappa shape index (κ1) is 13.0. The summed E-state index contributed by atoms with van der Waals surface area (Å²) in [6.45, 7) is 4.15. The SMILES string of the molecule is CCC(C)CC(=O)NC1(C#N)CCCCC1. The number of rotatable bonds is 4. The standard InChI is InChI=1S/C13H22N2O/c1-3-11(2)9-12(16)15-13(10-14)7-5-4-6-8-13/h11H,3-9H2,1-2H3,(H,15,16). The second-order valence-corrected chi connectivity index (χ2v) is 5.02. The first-order valence-corrected chi connectivity index (χ1v) is 6.34. The summed E-state index contributed by atoms with van der Waals surface area (Å²) in [5.74, 6) is 0.442. The summed E-state index contributed by atoms with van der Waals surface area (Å²) in [4.78, 5) is 11.8. The molecule has 1 amide bonds. The number of carbonyl (C=O) groups excluding carboxylic acids is 1. The Hall–Kier alpha value is -1.04. The lowest BCUT2D eigenvalue weighted by atomic mass is 9.82. The molecule has 1 aliphatic carbocycles.